The van der Waals surface area contributed by atoms with Gasteiger partial charge >= 0.3 is 0 Å². The van der Waals surface area contributed by atoms with Gasteiger partial charge in [0, 0.05) is 7.05 Å². The number of thiol groups is 1. The van der Waals surface area contributed by atoms with E-state index in [9.17, 15) is 16.8 Å². The van der Waals surface area contributed by atoms with Gasteiger partial charge in [-0.3, -0.25) is 0 Å². The lowest BCUT2D eigenvalue weighted by Gasteiger charge is -2.02. The van der Waals surface area contributed by atoms with E-state index in [1.165, 1.54) is 0 Å². The van der Waals surface area contributed by atoms with E-state index in [0.29, 0.717) is 0 Å². The van der Waals surface area contributed by atoms with Crippen LogP contribution in [0.4, 0.5) is 0 Å². The Bertz CT molecular complexity index is 242. The Labute approximate surface area is 55.4 Å². The summed E-state index contributed by atoms with van der Waals surface area (Å²) < 4.78 is 40.8. The quantitative estimate of drug-likeness (QED) is 0.511. The fourth-order valence-corrected chi connectivity index (χ4v) is 1.09. The SMILES string of the molecule is CN([SH](=O)=O)S(C)(=O)=O. The zero-order valence-corrected chi connectivity index (χ0v) is 6.65. The van der Waals surface area contributed by atoms with Gasteiger partial charge in [-0.2, -0.15) is 0 Å². The molecule has 5 nitrogen and oxygen atoms in total. The minimum Gasteiger partial charge on any atom is -0.214 e. The fraction of sp³-hybridized carbons (Fsp3) is 1.00. The van der Waals surface area contributed by atoms with Crippen LogP contribution in [0, 0.1) is 0 Å². The van der Waals surface area contributed by atoms with Crippen LogP contribution in [0.15, 0.2) is 0 Å². The highest BCUT2D eigenvalue weighted by atomic mass is 32.3. The number of rotatable bonds is 2. The summed E-state index contributed by atoms with van der Waals surface area (Å²) in [6.45, 7) is 0. The van der Waals surface area contributed by atoms with Gasteiger partial charge in [0.15, 0.2) is 0 Å². The van der Waals surface area contributed by atoms with Crippen LogP contribution in [-0.2, 0) is 20.9 Å². The van der Waals surface area contributed by atoms with E-state index in [4.69, 9.17) is 0 Å². The minimum atomic E-state index is -3.56. The number of hydrogen-bond donors (Lipinski definition) is 1. The molecule has 0 saturated heterocycles. The average molecular weight is 173 g/mol. The molecule has 0 fully saturated rings. The second-order valence-corrected chi connectivity index (χ2v) is 4.80. The highest BCUT2D eigenvalue weighted by molar-refractivity contribution is 7.96. The lowest BCUT2D eigenvalue weighted by atomic mass is 11.6. The summed E-state index contributed by atoms with van der Waals surface area (Å²) in [6, 6.07) is 0. The molecule has 0 bridgehead atoms. The summed E-state index contributed by atoms with van der Waals surface area (Å²) in [5.41, 5.74) is 0. The summed E-state index contributed by atoms with van der Waals surface area (Å²) in [6.07, 6.45) is 0.818. The van der Waals surface area contributed by atoms with Gasteiger partial charge in [0.25, 0.3) is 0 Å². The van der Waals surface area contributed by atoms with Gasteiger partial charge in [-0.15, -0.1) is 3.71 Å². The van der Waals surface area contributed by atoms with Gasteiger partial charge in [0.05, 0.1) is 6.26 Å². The second-order valence-electron chi connectivity index (χ2n) is 1.44. The van der Waals surface area contributed by atoms with Crippen molar-refractivity contribution in [1.29, 1.82) is 0 Å². The first-order chi connectivity index (χ1) is 3.85. The van der Waals surface area contributed by atoms with E-state index in [-0.39, 0.29) is 3.71 Å². The highest BCUT2D eigenvalue weighted by Gasteiger charge is 2.11. The summed E-state index contributed by atoms with van der Waals surface area (Å²) in [5, 5.41) is 0. The standard InChI is InChI=1S/C2H7NO4S2/c1-3(8(4)5)9(2,6)7/h8H,1-2H3. The lowest BCUT2D eigenvalue weighted by molar-refractivity contribution is 0.543. The van der Waals surface area contributed by atoms with Crippen molar-refractivity contribution in [2.45, 2.75) is 0 Å². The molecule has 0 aliphatic carbocycles. The van der Waals surface area contributed by atoms with Gasteiger partial charge in [-0.25, -0.2) is 16.8 Å². The van der Waals surface area contributed by atoms with Crippen LogP contribution in [0.1, 0.15) is 0 Å². The van der Waals surface area contributed by atoms with Gasteiger partial charge < -0.3 is 0 Å². The largest absolute Gasteiger partial charge is 0.223 e. The number of hydrogen-bond acceptors (Lipinski definition) is 4. The Morgan fingerprint density at radius 2 is 1.67 bits per heavy atom. The van der Waals surface area contributed by atoms with E-state index < -0.39 is 20.9 Å². The van der Waals surface area contributed by atoms with Crippen molar-refractivity contribution in [2.75, 3.05) is 13.3 Å². The van der Waals surface area contributed by atoms with Crippen molar-refractivity contribution >= 4 is 20.9 Å². The van der Waals surface area contributed by atoms with Crippen LogP contribution in [0.5, 0.6) is 0 Å². The predicted octanol–water partition coefficient (Wildman–Crippen LogP) is -1.60. The summed E-state index contributed by atoms with van der Waals surface area (Å²) in [7, 11) is -5.60. The van der Waals surface area contributed by atoms with Gasteiger partial charge in [0.2, 0.25) is 20.9 Å². The topological polar surface area (TPSA) is 71.5 Å². The van der Waals surface area contributed by atoms with Crippen LogP contribution in [0.25, 0.3) is 0 Å². The molecule has 0 aromatic carbocycles. The van der Waals surface area contributed by atoms with E-state index in [0.717, 1.165) is 13.3 Å². The summed E-state index contributed by atoms with van der Waals surface area (Å²) >= 11 is 0. The molecular formula is C2H7NO4S2. The fourth-order valence-electron chi connectivity index (χ4n) is 0.121. The monoisotopic (exact) mass is 173 g/mol. The maximum absolute atomic E-state index is 10.3. The molecule has 0 atom stereocenters. The van der Waals surface area contributed by atoms with Crippen molar-refractivity contribution < 1.29 is 16.8 Å². The predicted molar refractivity (Wildman–Crippen MR) is 32.9 cm³/mol. The van der Waals surface area contributed by atoms with Crippen LogP contribution in [0.2, 0.25) is 0 Å². The molecule has 0 rings (SSSR count). The molecule has 9 heavy (non-hydrogen) atoms. The first-order valence-electron chi connectivity index (χ1n) is 1.94. The lowest BCUT2D eigenvalue weighted by Crippen LogP contribution is -2.23. The van der Waals surface area contributed by atoms with Crippen molar-refractivity contribution in [3.8, 4) is 0 Å². The van der Waals surface area contributed by atoms with Crippen molar-refractivity contribution in [3.05, 3.63) is 0 Å². The normalized spacial score (nSPS) is 12.9. The third-order valence-electron chi connectivity index (χ3n) is 0.710. The molecular weight excluding hydrogens is 166 g/mol. The zero-order chi connectivity index (χ0) is 7.65. The molecule has 0 aliphatic heterocycles. The molecule has 0 N–H and O–H groups in total. The average Bonchev–Trinajstić information content (AvgIpc) is 1.62. The second kappa shape index (κ2) is 2.63. The molecule has 0 aromatic rings. The molecule has 0 unspecified atom stereocenters. The maximum atomic E-state index is 10.3. The number of nitrogens with zero attached hydrogens (tertiary/aromatic N) is 1. The van der Waals surface area contributed by atoms with Crippen molar-refractivity contribution in [3.63, 3.8) is 0 Å². The molecule has 7 heteroatoms. The van der Waals surface area contributed by atoms with Crippen molar-refractivity contribution in [1.82, 2.24) is 3.71 Å². The first-order valence-corrected chi connectivity index (χ1v) is 4.92. The highest BCUT2D eigenvalue weighted by Crippen LogP contribution is 1.89. The molecule has 0 saturated carbocycles. The van der Waals surface area contributed by atoms with E-state index >= 15 is 0 Å². The molecule has 56 valence electrons. The Morgan fingerprint density at radius 1 is 1.33 bits per heavy atom. The van der Waals surface area contributed by atoms with Crippen LogP contribution in [0.3, 0.4) is 0 Å². The Kier molecular flexibility index (Phi) is 2.59. The Hall–Kier alpha value is -0.140. The molecule has 0 radical (unpaired) electrons. The van der Waals surface area contributed by atoms with Crippen LogP contribution < -0.4 is 0 Å². The molecule has 0 heterocycles. The Morgan fingerprint density at radius 3 is 1.67 bits per heavy atom. The molecule has 0 amide bonds. The van der Waals surface area contributed by atoms with Crippen LogP contribution >= 0.6 is 0 Å². The Balaban J connectivity index is 4.63. The third-order valence-corrected chi connectivity index (χ3v) is 3.42. The van der Waals surface area contributed by atoms with E-state index in [1.54, 1.807) is 0 Å². The zero-order valence-electron chi connectivity index (χ0n) is 4.94. The molecule has 0 aliphatic rings. The first kappa shape index (κ1) is 8.86. The third kappa shape index (κ3) is 2.78. The van der Waals surface area contributed by atoms with Gasteiger partial charge in [0.1, 0.15) is 0 Å². The van der Waals surface area contributed by atoms with E-state index in [1.807, 2.05) is 0 Å². The van der Waals surface area contributed by atoms with Crippen molar-refractivity contribution in [2.24, 2.45) is 0 Å². The van der Waals surface area contributed by atoms with Gasteiger partial charge in [-0.1, -0.05) is 0 Å². The minimum absolute atomic E-state index is 0.280. The maximum Gasteiger partial charge on any atom is 0.223 e. The molecule has 0 spiro atoms. The molecule has 0 aromatic heterocycles. The van der Waals surface area contributed by atoms with Crippen LogP contribution in [-0.4, -0.2) is 33.8 Å². The number of sulfonamides is 1. The summed E-state index contributed by atoms with van der Waals surface area (Å²) in [4.78, 5) is 0. The summed E-state index contributed by atoms with van der Waals surface area (Å²) in [5.74, 6) is 0. The van der Waals surface area contributed by atoms with E-state index in [2.05, 4.69) is 0 Å². The van der Waals surface area contributed by atoms with Gasteiger partial charge in [-0.05, 0) is 0 Å². The smallest absolute Gasteiger partial charge is 0.214 e.